The van der Waals surface area contributed by atoms with Crippen molar-refractivity contribution in [3.63, 3.8) is 0 Å². The summed E-state index contributed by atoms with van der Waals surface area (Å²) in [6.07, 6.45) is -4.70. The van der Waals surface area contributed by atoms with Gasteiger partial charge in [-0.05, 0) is 58.9 Å². The molecule has 1 aromatic heterocycles. The Hall–Kier alpha value is -2.32. The van der Waals surface area contributed by atoms with Gasteiger partial charge in [0.25, 0.3) is 0 Å². The van der Waals surface area contributed by atoms with Crippen LogP contribution in [0, 0.1) is 0 Å². The highest BCUT2D eigenvalue weighted by molar-refractivity contribution is 7.80. The Morgan fingerprint density at radius 3 is 2.52 bits per heavy atom. The average molecular weight is 382 g/mol. The van der Waals surface area contributed by atoms with Crippen molar-refractivity contribution in [1.82, 2.24) is 5.32 Å². The Labute approximate surface area is 151 Å². The number of hydrogen-bond acceptors (Lipinski definition) is 3. The number of nitrogens with one attached hydrogen (secondary N) is 2. The fourth-order valence-electron chi connectivity index (χ4n) is 2.26. The molecular weight excluding hydrogens is 369 g/mol. The Balaban J connectivity index is 1.56. The highest BCUT2D eigenvalue weighted by Crippen LogP contribution is 2.26. The first-order valence-electron chi connectivity index (χ1n) is 7.26. The van der Waals surface area contributed by atoms with Crippen LogP contribution in [0.25, 0.3) is 10.1 Å². The maximum atomic E-state index is 12.1. The molecule has 0 saturated heterocycles. The first-order chi connectivity index (χ1) is 11.9. The summed E-state index contributed by atoms with van der Waals surface area (Å²) in [6, 6.07) is 13.5. The van der Waals surface area contributed by atoms with Crippen LogP contribution in [0.5, 0.6) is 5.75 Å². The van der Waals surface area contributed by atoms with E-state index in [0.29, 0.717) is 17.3 Å². The summed E-state index contributed by atoms with van der Waals surface area (Å²) < 4.78 is 41.4. The highest BCUT2D eigenvalue weighted by atomic mass is 32.1. The largest absolute Gasteiger partial charge is 0.573 e. The monoisotopic (exact) mass is 382 g/mol. The number of alkyl halides is 3. The molecule has 0 bridgehead atoms. The van der Waals surface area contributed by atoms with Crippen molar-refractivity contribution in [2.45, 2.75) is 12.9 Å². The maximum absolute atomic E-state index is 12.1. The van der Waals surface area contributed by atoms with Gasteiger partial charge in [-0.25, -0.2) is 0 Å². The van der Waals surface area contributed by atoms with Crippen molar-refractivity contribution in [3.05, 3.63) is 59.5 Å². The van der Waals surface area contributed by atoms with Gasteiger partial charge in [0.2, 0.25) is 0 Å². The molecule has 0 aliphatic heterocycles. The van der Waals surface area contributed by atoms with Crippen molar-refractivity contribution in [2.24, 2.45) is 0 Å². The molecule has 3 aromatic rings. The average Bonchev–Trinajstić information content (AvgIpc) is 2.97. The molecule has 0 aliphatic rings. The van der Waals surface area contributed by atoms with E-state index in [1.807, 2.05) is 12.1 Å². The van der Waals surface area contributed by atoms with Crippen molar-refractivity contribution in [3.8, 4) is 5.75 Å². The fourth-order valence-corrected chi connectivity index (χ4v) is 3.41. The minimum Gasteiger partial charge on any atom is -0.406 e. The van der Waals surface area contributed by atoms with Crippen LogP contribution >= 0.6 is 23.6 Å². The van der Waals surface area contributed by atoms with Gasteiger partial charge in [-0.1, -0.05) is 18.2 Å². The summed E-state index contributed by atoms with van der Waals surface area (Å²) in [6.45, 7) is 0.561. The fraction of sp³-hybridized carbons (Fsp3) is 0.118. The molecule has 2 aromatic carbocycles. The minimum absolute atomic E-state index is 0.276. The highest BCUT2D eigenvalue weighted by Gasteiger charge is 2.30. The van der Waals surface area contributed by atoms with Gasteiger partial charge < -0.3 is 15.4 Å². The molecule has 0 amide bonds. The molecule has 3 rings (SSSR count). The van der Waals surface area contributed by atoms with E-state index in [-0.39, 0.29) is 5.75 Å². The van der Waals surface area contributed by atoms with E-state index in [1.54, 1.807) is 11.3 Å². The second-order valence-corrected chi connectivity index (χ2v) is 6.46. The van der Waals surface area contributed by atoms with E-state index in [0.717, 1.165) is 5.56 Å². The normalized spacial score (nSPS) is 11.3. The summed E-state index contributed by atoms with van der Waals surface area (Å²) in [5.74, 6) is -0.276. The molecule has 130 valence electrons. The van der Waals surface area contributed by atoms with Crippen molar-refractivity contribution < 1.29 is 17.9 Å². The van der Waals surface area contributed by atoms with Crippen LogP contribution in [0.4, 0.5) is 18.9 Å². The number of benzene rings is 2. The van der Waals surface area contributed by atoms with E-state index in [1.165, 1.54) is 34.4 Å². The summed E-state index contributed by atoms with van der Waals surface area (Å²) in [5, 5.41) is 9.66. The van der Waals surface area contributed by atoms with Gasteiger partial charge >= 0.3 is 6.36 Å². The zero-order valence-corrected chi connectivity index (χ0v) is 14.4. The van der Waals surface area contributed by atoms with Gasteiger partial charge in [0, 0.05) is 16.9 Å². The SMILES string of the molecule is FC(F)(F)Oc1ccc(NC(=S)NCc2csc3ccccc23)cc1. The number of anilines is 1. The number of ether oxygens (including phenoxy) is 1. The quantitative estimate of drug-likeness (QED) is 0.601. The Morgan fingerprint density at radius 1 is 1.08 bits per heavy atom. The molecule has 3 nitrogen and oxygen atoms in total. The van der Waals surface area contributed by atoms with Crippen LogP contribution in [0.2, 0.25) is 0 Å². The molecule has 0 radical (unpaired) electrons. The second kappa shape index (κ2) is 7.28. The first-order valence-corrected chi connectivity index (χ1v) is 8.55. The zero-order valence-electron chi connectivity index (χ0n) is 12.8. The van der Waals surface area contributed by atoms with Crippen LogP contribution in [0.3, 0.4) is 0 Å². The molecule has 0 aliphatic carbocycles. The molecule has 0 atom stereocenters. The molecule has 25 heavy (non-hydrogen) atoms. The lowest BCUT2D eigenvalue weighted by molar-refractivity contribution is -0.274. The molecular formula is C17H13F3N2OS2. The smallest absolute Gasteiger partial charge is 0.406 e. The number of fused-ring (bicyclic) bond motifs is 1. The predicted molar refractivity (Wildman–Crippen MR) is 98.0 cm³/mol. The first kappa shape index (κ1) is 17.5. The van der Waals surface area contributed by atoms with Crippen LogP contribution in [-0.4, -0.2) is 11.5 Å². The molecule has 0 spiro atoms. The Morgan fingerprint density at radius 2 is 1.80 bits per heavy atom. The van der Waals surface area contributed by atoms with E-state index in [2.05, 4.69) is 32.9 Å². The van der Waals surface area contributed by atoms with Crippen molar-refractivity contribution in [1.29, 1.82) is 0 Å². The van der Waals surface area contributed by atoms with E-state index >= 15 is 0 Å². The van der Waals surface area contributed by atoms with Gasteiger partial charge in [0.1, 0.15) is 5.75 Å². The van der Waals surface area contributed by atoms with Gasteiger partial charge in [0.15, 0.2) is 5.11 Å². The number of thiophene rings is 1. The number of thiocarbonyl (C=S) groups is 1. The zero-order chi connectivity index (χ0) is 17.9. The summed E-state index contributed by atoms with van der Waals surface area (Å²) in [4.78, 5) is 0. The standard InChI is InChI=1S/C17H13F3N2OS2/c18-17(19,20)23-13-7-5-12(6-8-13)22-16(24)21-9-11-10-25-15-4-2-1-3-14(11)15/h1-8,10H,9H2,(H2,21,22,24). The molecule has 0 unspecified atom stereocenters. The summed E-state index contributed by atoms with van der Waals surface area (Å²) in [7, 11) is 0. The Bertz CT molecular complexity index is 875. The third-order valence-electron chi connectivity index (χ3n) is 3.35. The van der Waals surface area contributed by atoms with Gasteiger partial charge in [-0.15, -0.1) is 24.5 Å². The van der Waals surface area contributed by atoms with Gasteiger partial charge in [0.05, 0.1) is 0 Å². The molecule has 0 saturated carbocycles. The van der Waals surface area contributed by atoms with Crippen LogP contribution < -0.4 is 15.4 Å². The molecule has 8 heteroatoms. The maximum Gasteiger partial charge on any atom is 0.573 e. The number of hydrogen-bond donors (Lipinski definition) is 2. The van der Waals surface area contributed by atoms with E-state index < -0.39 is 6.36 Å². The van der Waals surface area contributed by atoms with Crippen LogP contribution in [0.1, 0.15) is 5.56 Å². The van der Waals surface area contributed by atoms with Crippen molar-refractivity contribution >= 4 is 44.4 Å². The minimum atomic E-state index is -4.70. The summed E-state index contributed by atoms with van der Waals surface area (Å²) >= 11 is 6.89. The predicted octanol–water partition coefficient (Wildman–Crippen LogP) is 5.29. The lowest BCUT2D eigenvalue weighted by atomic mass is 10.2. The van der Waals surface area contributed by atoms with E-state index in [9.17, 15) is 13.2 Å². The number of rotatable bonds is 4. The lowest BCUT2D eigenvalue weighted by Crippen LogP contribution is -2.27. The lowest BCUT2D eigenvalue weighted by Gasteiger charge is -2.12. The van der Waals surface area contributed by atoms with E-state index in [4.69, 9.17) is 12.2 Å². The van der Waals surface area contributed by atoms with Gasteiger partial charge in [-0.3, -0.25) is 0 Å². The summed E-state index contributed by atoms with van der Waals surface area (Å²) in [5.41, 5.74) is 1.71. The second-order valence-electron chi connectivity index (χ2n) is 5.14. The third kappa shape index (κ3) is 4.83. The Kier molecular flexibility index (Phi) is 5.10. The molecule has 1 heterocycles. The number of halogens is 3. The third-order valence-corrected chi connectivity index (χ3v) is 4.61. The van der Waals surface area contributed by atoms with Crippen molar-refractivity contribution in [2.75, 3.05) is 5.32 Å². The topological polar surface area (TPSA) is 33.3 Å². The molecule has 2 N–H and O–H groups in total. The van der Waals surface area contributed by atoms with Crippen LogP contribution in [-0.2, 0) is 6.54 Å². The van der Waals surface area contributed by atoms with Gasteiger partial charge in [-0.2, -0.15) is 0 Å². The van der Waals surface area contributed by atoms with Crippen LogP contribution in [0.15, 0.2) is 53.9 Å². The molecule has 0 fully saturated rings.